The van der Waals surface area contributed by atoms with Crippen LogP contribution in [0.3, 0.4) is 0 Å². The van der Waals surface area contributed by atoms with Crippen molar-refractivity contribution in [3.63, 3.8) is 0 Å². The van der Waals surface area contributed by atoms with Crippen LogP contribution < -0.4 is 0 Å². The maximum absolute atomic E-state index is 10.7. The minimum Gasteiger partial charge on any atom is -0.368 e. The van der Waals surface area contributed by atoms with Gasteiger partial charge in [0.15, 0.2) is 0 Å². The van der Waals surface area contributed by atoms with Gasteiger partial charge >= 0.3 is 34.4 Å². The van der Waals surface area contributed by atoms with Crippen LogP contribution in [0.4, 0.5) is 25.2 Å². The first-order chi connectivity index (χ1) is 11.9. The molecule has 3 aromatic heterocycles. The Labute approximate surface area is 164 Å². The molecule has 27 heavy (non-hydrogen) atoms. The molecule has 0 saturated heterocycles. The molecule has 1 atom stereocenters. The van der Waals surface area contributed by atoms with Crippen LogP contribution in [0, 0.1) is 0 Å². The number of aromatic amines is 3. The molecule has 3 nitrogen and oxygen atoms in total. The summed E-state index contributed by atoms with van der Waals surface area (Å²) in [5.74, 6) is 0. The van der Waals surface area contributed by atoms with E-state index in [4.69, 9.17) is 0 Å². The zero-order chi connectivity index (χ0) is 20.4. The van der Waals surface area contributed by atoms with Crippen molar-refractivity contribution in [2.45, 2.75) is 0 Å². The molecule has 3 N–H and O–H groups in total. The topological polar surface area (TPSA) is 47.4 Å². The Morgan fingerprint density at radius 1 is 0.704 bits per heavy atom. The van der Waals surface area contributed by atoms with Crippen LogP contribution in [0.5, 0.6) is 0 Å². The summed E-state index contributed by atoms with van der Waals surface area (Å²) in [6.45, 7) is 3.46. The second-order valence-corrected chi connectivity index (χ2v) is 6.53. The smallest absolute Gasteiger partial charge is 0.368 e. The Kier molecular flexibility index (Phi) is 16.0. The van der Waals surface area contributed by atoms with E-state index in [2.05, 4.69) is 30.8 Å². The SMILES string of the molecule is C=CCP.Cl.F[P-](F)(F)(F)(F)F.[H+].c1cc[nH]c1.c1cc[nH]c1.c1cc[nH]c1. The van der Waals surface area contributed by atoms with E-state index < -0.39 is 7.81 Å². The molecule has 0 spiro atoms. The second kappa shape index (κ2) is 14.4. The predicted octanol–water partition coefficient (Wildman–Crippen LogP) is 8.01. The summed E-state index contributed by atoms with van der Waals surface area (Å²) in [6, 6.07) is 11.7. The molecule has 0 amide bonds. The maximum Gasteiger partial charge on any atom is 1.00 e. The normalized spacial score (nSPS) is 11.4. The summed E-state index contributed by atoms with van der Waals surface area (Å²) in [7, 11) is -8.12. The van der Waals surface area contributed by atoms with Crippen LogP contribution in [0.15, 0.2) is 86.2 Å². The summed E-state index contributed by atoms with van der Waals surface area (Å²) < 4.78 is 59.2. The third-order valence-electron chi connectivity index (χ3n) is 1.65. The van der Waals surface area contributed by atoms with Crippen LogP contribution in [0.2, 0.25) is 0 Å². The average molecular weight is 458 g/mol. The zero-order valence-electron chi connectivity index (χ0n) is 15.1. The van der Waals surface area contributed by atoms with Gasteiger partial charge in [-0.25, -0.2) is 0 Å². The summed E-state index contributed by atoms with van der Waals surface area (Å²) in [4.78, 5) is 8.58. The monoisotopic (exact) mass is 457 g/mol. The molecular weight excluding hydrogens is 434 g/mol. The van der Waals surface area contributed by atoms with Crippen LogP contribution in [0.25, 0.3) is 0 Å². The molecule has 0 aliphatic rings. The number of rotatable bonds is 1. The van der Waals surface area contributed by atoms with E-state index >= 15 is 0 Å². The van der Waals surface area contributed by atoms with Crippen LogP contribution in [0.1, 0.15) is 1.43 Å². The number of hydrogen-bond acceptors (Lipinski definition) is 0. The molecule has 158 valence electrons. The first-order valence-electron chi connectivity index (χ1n) is 6.97. The quantitative estimate of drug-likeness (QED) is 0.188. The van der Waals surface area contributed by atoms with E-state index in [1.54, 1.807) is 0 Å². The number of aromatic nitrogens is 3. The van der Waals surface area contributed by atoms with Crippen LogP contribution in [-0.4, -0.2) is 21.1 Å². The van der Waals surface area contributed by atoms with Gasteiger partial charge < -0.3 is 15.0 Å². The van der Waals surface area contributed by atoms with Crippen molar-refractivity contribution in [2.75, 3.05) is 6.16 Å². The second-order valence-electron chi connectivity index (χ2n) is 4.14. The Morgan fingerprint density at radius 3 is 0.889 bits per heavy atom. The van der Waals surface area contributed by atoms with Crippen molar-refractivity contribution in [1.29, 1.82) is 0 Å². The van der Waals surface area contributed by atoms with E-state index in [1.807, 2.05) is 79.7 Å². The molecule has 0 radical (unpaired) electrons. The summed E-state index contributed by atoms with van der Waals surface area (Å²) in [6.07, 6.45) is 14.1. The van der Waals surface area contributed by atoms with Crippen molar-refractivity contribution in [3.8, 4) is 0 Å². The van der Waals surface area contributed by atoms with Gasteiger partial charge in [-0.05, 0) is 42.6 Å². The van der Waals surface area contributed by atoms with Gasteiger partial charge in [0.1, 0.15) is 0 Å². The van der Waals surface area contributed by atoms with Crippen molar-refractivity contribution in [2.24, 2.45) is 0 Å². The molecule has 3 aromatic rings. The fraction of sp³-hybridized carbons (Fsp3) is 0.0667. The van der Waals surface area contributed by atoms with Crippen molar-refractivity contribution >= 4 is 29.5 Å². The van der Waals surface area contributed by atoms with Gasteiger partial charge in [-0.1, -0.05) is 6.08 Å². The van der Waals surface area contributed by atoms with E-state index in [-0.39, 0.29) is 13.8 Å². The Balaban J connectivity index is -0.000000128. The number of allylic oxidation sites excluding steroid dienone is 1. The molecule has 1 unspecified atom stereocenters. The average Bonchev–Trinajstić information content (AvgIpc) is 3.33. The third kappa shape index (κ3) is 59.1. The summed E-state index contributed by atoms with van der Waals surface area (Å²) in [5, 5.41) is 0. The molecule has 3 rings (SSSR count). The van der Waals surface area contributed by atoms with Gasteiger partial charge in [0.2, 0.25) is 0 Å². The van der Waals surface area contributed by atoms with Crippen molar-refractivity contribution in [1.82, 2.24) is 15.0 Å². The van der Waals surface area contributed by atoms with Gasteiger partial charge in [0, 0.05) is 37.2 Å². The van der Waals surface area contributed by atoms with E-state index in [0.717, 1.165) is 6.16 Å². The molecule has 12 heteroatoms. The zero-order valence-corrected chi connectivity index (χ0v) is 17.0. The van der Waals surface area contributed by atoms with Gasteiger partial charge in [-0.3, -0.25) is 0 Å². The third-order valence-corrected chi connectivity index (χ3v) is 1.99. The standard InChI is InChI=1S/3C4H5N.C3H7P.ClH.F6P/c3*1-2-4-5-3-1;1-2-3-4;;1-7(2,3,4,5)6/h3*1-5H;2H,1,3-4H2;1H;/q;;;;;-1/p+1. The van der Waals surface area contributed by atoms with Gasteiger partial charge in [0.05, 0.1) is 0 Å². The first-order valence-corrected chi connectivity index (χ1v) is 9.82. The largest absolute Gasteiger partial charge is 1.00 e. The molecule has 0 fully saturated rings. The molecule has 3 heterocycles. The summed E-state index contributed by atoms with van der Waals surface area (Å²) in [5.41, 5.74) is 0. The molecular formula is C15H24ClF6N3P2. The molecule has 0 aromatic carbocycles. The van der Waals surface area contributed by atoms with Crippen LogP contribution in [-0.2, 0) is 0 Å². The first kappa shape index (κ1) is 30.1. The minimum atomic E-state index is -10.7. The number of halogens is 7. The van der Waals surface area contributed by atoms with Gasteiger partial charge in [-0.2, -0.15) is 0 Å². The van der Waals surface area contributed by atoms with Crippen molar-refractivity contribution in [3.05, 3.63) is 86.2 Å². The maximum atomic E-state index is 9.87. The fourth-order valence-electron chi connectivity index (χ4n) is 0.833. The number of nitrogens with one attached hydrogen (secondary N) is 3. The summed E-state index contributed by atoms with van der Waals surface area (Å²) >= 11 is 0. The molecule has 0 aliphatic heterocycles. The molecule has 0 aliphatic carbocycles. The van der Waals surface area contributed by atoms with Crippen LogP contribution >= 0.6 is 29.5 Å². The fourth-order valence-corrected chi connectivity index (χ4v) is 0.833. The number of hydrogen-bond donors (Lipinski definition) is 3. The van der Waals surface area contributed by atoms with E-state index in [1.165, 1.54) is 0 Å². The Bertz CT molecular complexity index is 493. The van der Waals surface area contributed by atoms with Crippen molar-refractivity contribution < 1.29 is 26.6 Å². The number of H-pyrrole nitrogens is 3. The van der Waals surface area contributed by atoms with E-state index in [9.17, 15) is 25.2 Å². The minimum absolute atomic E-state index is 0. The van der Waals surface area contributed by atoms with Gasteiger partial charge in [0.25, 0.3) is 0 Å². The Morgan fingerprint density at radius 2 is 0.852 bits per heavy atom. The molecule has 0 saturated carbocycles. The van der Waals surface area contributed by atoms with E-state index in [0.29, 0.717) is 0 Å². The Hall–Kier alpha value is -1.69. The predicted molar refractivity (Wildman–Crippen MR) is 109 cm³/mol. The molecule has 0 bridgehead atoms. The van der Waals surface area contributed by atoms with Gasteiger partial charge in [-0.15, -0.1) is 28.2 Å².